The summed E-state index contributed by atoms with van der Waals surface area (Å²) in [7, 11) is 0. The fourth-order valence-corrected chi connectivity index (χ4v) is 4.20. The smallest absolute Gasteiger partial charge is 0.309 e. The maximum Gasteiger partial charge on any atom is 0.309 e. The Balaban J connectivity index is 1.20. The number of esters is 1. The van der Waals surface area contributed by atoms with Gasteiger partial charge >= 0.3 is 5.97 Å². The van der Waals surface area contributed by atoms with Crippen molar-refractivity contribution in [1.29, 1.82) is 0 Å². The maximum absolute atomic E-state index is 13.1. The van der Waals surface area contributed by atoms with Crippen LogP contribution in [0.5, 0.6) is 5.75 Å². The van der Waals surface area contributed by atoms with E-state index in [1.165, 1.54) is 47.7 Å². The van der Waals surface area contributed by atoms with Crippen molar-refractivity contribution in [2.45, 2.75) is 26.1 Å². The van der Waals surface area contributed by atoms with Crippen molar-refractivity contribution >= 4 is 23.2 Å². The summed E-state index contributed by atoms with van der Waals surface area (Å²) >= 11 is 1.39. The van der Waals surface area contributed by atoms with E-state index in [-0.39, 0.29) is 42.6 Å². The minimum atomic E-state index is -0.388. The van der Waals surface area contributed by atoms with Gasteiger partial charge < -0.3 is 14.4 Å². The van der Waals surface area contributed by atoms with E-state index in [4.69, 9.17) is 9.47 Å². The Labute approximate surface area is 193 Å². The molecular weight excluding hydrogens is 450 g/mol. The zero-order valence-electron chi connectivity index (χ0n) is 17.7. The number of amides is 1. The molecule has 2 heterocycles. The number of likely N-dealkylation sites (tertiary alicyclic amines) is 1. The van der Waals surface area contributed by atoms with E-state index in [1.807, 2.05) is 0 Å². The summed E-state index contributed by atoms with van der Waals surface area (Å²) in [6.07, 6.45) is 1.03. The molecule has 6 nitrogen and oxygen atoms in total. The van der Waals surface area contributed by atoms with Crippen molar-refractivity contribution in [3.8, 4) is 5.75 Å². The Morgan fingerprint density at radius 2 is 1.61 bits per heavy atom. The topological polar surface area (TPSA) is 68.7 Å². The van der Waals surface area contributed by atoms with E-state index in [9.17, 15) is 18.4 Å². The normalized spacial score (nSPS) is 14.2. The van der Waals surface area contributed by atoms with Crippen molar-refractivity contribution in [3.63, 3.8) is 0 Å². The Morgan fingerprint density at radius 1 is 0.970 bits per heavy atom. The average Bonchev–Trinajstić information content (AvgIpc) is 3.30. The molecule has 1 saturated heterocycles. The summed E-state index contributed by atoms with van der Waals surface area (Å²) in [6, 6.07) is 11.2. The minimum Gasteiger partial charge on any atom is -0.486 e. The number of carbonyl (C=O) groups excluding carboxylic acids is 2. The van der Waals surface area contributed by atoms with Gasteiger partial charge in [-0.3, -0.25) is 9.59 Å². The number of thiazole rings is 1. The molecule has 0 radical (unpaired) electrons. The lowest BCUT2D eigenvalue weighted by atomic mass is 9.96. The van der Waals surface area contributed by atoms with Gasteiger partial charge in [0, 0.05) is 24.0 Å². The molecule has 0 spiro atoms. The quantitative estimate of drug-likeness (QED) is 0.471. The second kappa shape index (κ2) is 10.5. The number of aromatic nitrogens is 1. The number of rotatable bonds is 7. The Kier molecular flexibility index (Phi) is 7.29. The van der Waals surface area contributed by atoms with Crippen LogP contribution in [-0.2, 0) is 22.7 Å². The zero-order valence-corrected chi connectivity index (χ0v) is 18.5. The van der Waals surface area contributed by atoms with Crippen LogP contribution < -0.4 is 4.74 Å². The average molecular weight is 473 g/mol. The SMILES string of the molecule is O=C(OCc1csc(COc2ccc(F)cc2)n1)C1CCN(C(=O)c2ccc(F)cc2)CC1. The summed E-state index contributed by atoms with van der Waals surface area (Å²) < 4.78 is 37.0. The van der Waals surface area contributed by atoms with Crippen LogP contribution in [0.4, 0.5) is 8.78 Å². The summed E-state index contributed by atoms with van der Waals surface area (Å²) in [5, 5.41) is 2.53. The molecule has 0 saturated carbocycles. The Bertz CT molecular complexity index is 1090. The van der Waals surface area contributed by atoms with Crippen LogP contribution in [0, 0.1) is 17.6 Å². The van der Waals surface area contributed by atoms with Crippen LogP contribution in [0.15, 0.2) is 53.9 Å². The van der Waals surface area contributed by atoms with Gasteiger partial charge in [0.15, 0.2) is 0 Å². The summed E-state index contributed by atoms with van der Waals surface area (Å²) in [5.41, 5.74) is 1.06. The van der Waals surface area contributed by atoms with Gasteiger partial charge in [-0.05, 0) is 61.4 Å². The first-order valence-corrected chi connectivity index (χ1v) is 11.4. The van der Waals surface area contributed by atoms with Gasteiger partial charge in [-0.25, -0.2) is 13.8 Å². The number of piperidine rings is 1. The van der Waals surface area contributed by atoms with Gasteiger partial charge in [0.05, 0.1) is 11.6 Å². The van der Waals surface area contributed by atoms with E-state index < -0.39 is 0 Å². The highest BCUT2D eigenvalue weighted by molar-refractivity contribution is 7.09. The van der Waals surface area contributed by atoms with E-state index >= 15 is 0 Å². The summed E-state index contributed by atoms with van der Waals surface area (Å²) in [6.45, 7) is 1.19. The third kappa shape index (κ3) is 6.13. The third-order valence-corrected chi connectivity index (χ3v) is 6.22. The first-order chi connectivity index (χ1) is 16.0. The van der Waals surface area contributed by atoms with E-state index in [0.717, 1.165) is 5.01 Å². The van der Waals surface area contributed by atoms with Gasteiger partial charge in [0.2, 0.25) is 0 Å². The molecule has 1 aliphatic rings. The third-order valence-electron chi connectivity index (χ3n) is 5.34. The molecule has 33 heavy (non-hydrogen) atoms. The first kappa shape index (κ1) is 22.8. The fraction of sp³-hybridized carbons (Fsp3) is 0.292. The summed E-state index contributed by atoms with van der Waals surface area (Å²) in [5.74, 6) is -0.918. The van der Waals surface area contributed by atoms with Crippen molar-refractivity contribution in [3.05, 3.63) is 81.8 Å². The highest BCUT2D eigenvalue weighted by atomic mass is 32.1. The lowest BCUT2D eigenvalue weighted by molar-refractivity contribution is -0.151. The number of halogens is 2. The molecule has 0 unspecified atom stereocenters. The molecule has 172 valence electrons. The van der Waals surface area contributed by atoms with Gasteiger partial charge in [-0.1, -0.05) is 0 Å². The van der Waals surface area contributed by atoms with E-state index in [2.05, 4.69) is 4.98 Å². The van der Waals surface area contributed by atoms with E-state index in [0.29, 0.717) is 42.9 Å². The highest BCUT2D eigenvalue weighted by Gasteiger charge is 2.29. The Morgan fingerprint density at radius 3 is 2.27 bits per heavy atom. The van der Waals surface area contributed by atoms with Crippen molar-refractivity contribution < 1.29 is 27.8 Å². The van der Waals surface area contributed by atoms with Gasteiger partial charge in [0.25, 0.3) is 5.91 Å². The predicted octanol–water partition coefficient (Wildman–Crippen LogP) is 4.60. The maximum atomic E-state index is 13.1. The number of hydrogen-bond acceptors (Lipinski definition) is 6. The van der Waals surface area contributed by atoms with E-state index in [1.54, 1.807) is 22.4 Å². The van der Waals surface area contributed by atoms with Crippen molar-refractivity contribution in [2.75, 3.05) is 13.1 Å². The molecule has 1 amide bonds. The molecular formula is C24H22F2N2O4S. The van der Waals surface area contributed by atoms with Crippen LogP contribution >= 0.6 is 11.3 Å². The van der Waals surface area contributed by atoms with Crippen LogP contribution in [0.1, 0.15) is 33.9 Å². The number of nitrogens with zero attached hydrogens (tertiary/aromatic N) is 2. The second-order valence-electron chi connectivity index (χ2n) is 7.66. The van der Waals surface area contributed by atoms with Crippen LogP contribution in [0.2, 0.25) is 0 Å². The number of carbonyl (C=O) groups is 2. The second-order valence-corrected chi connectivity index (χ2v) is 8.60. The molecule has 4 rings (SSSR count). The predicted molar refractivity (Wildman–Crippen MR) is 118 cm³/mol. The molecule has 1 aliphatic heterocycles. The molecule has 1 aromatic heterocycles. The van der Waals surface area contributed by atoms with Crippen LogP contribution in [-0.4, -0.2) is 34.8 Å². The summed E-state index contributed by atoms with van der Waals surface area (Å²) in [4.78, 5) is 31.0. The highest BCUT2D eigenvalue weighted by Crippen LogP contribution is 2.22. The molecule has 0 N–H and O–H groups in total. The molecule has 0 bridgehead atoms. The monoisotopic (exact) mass is 472 g/mol. The van der Waals surface area contributed by atoms with Crippen molar-refractivity contribution in [1.82, 2.24) is 9.88 Å². The largest absolute Gasteiger partial charge is 0.486 e. The molecule has 0 atom stereocenters. The van der Waals surface area contributed by atoms with Gasteiger partial charge in [0.1, 0.15) is 35.6 Å². The first-order valence-electron chi connectivity index (χ1n) is 10.5. The molecule has 9 heteroatoms. The molecule has 0 aliphatic carbocycles. The molecule has 2 aromatic carbocycles. The fourth-order valence-electron chi connectivity index (χ4n) is 3.51. The molecule has 3 aromatic rings. The zero-order chi connectivity index (χ0) is 23.2. The van der Waals surface area contributed by atoms with Gasteiger partial charge in [-0.2, -0.15) is 0 Å². The number of benzene rings is 2. The van der Waals surface area contributed by atoms with Crippen molar-refractivity contribution in [2.24, 2.45) is 5.92 Å². The van der Waals surface area contributed by atoms with Crippen LogP contribution in [0.25, 0.3) is 0 Å². The molecule has 1 fully saturated rings. The lowest BCUT2D eigenvalue weighted by Gasteiger charge is -2.31. The van der Waals surface area contributed by atoms with Crippen LogP contribution in [0.3, 0.4) is 0 Å². The lowest BCUT2D eigenvalue weighted by Crippen LogP contribution is -2.40. The Hall–Kier alpha value is -3.33. The number of hydrogen-bond donors (Lipinski definition) is 0. The minimum absolute atomic E-state index is 0.0700. The standard InChI is InChI=1S/C24H22F2N2O4S/c25-18-3-1-16(2-4-18)23(29)28-11-9-17(10-12-28)24(30)32-13-20-15-33-22(27-20)14-31-21-7-5-19(26)6-8-21/h1-8,15,17H,9-14H2. The number of ether oxygens (including phenoxy) is 2. The van der Waals surface area contributed by atoms with Gasteiger partial charge in [-0.15, -0.1) is 11.3 Å².